The molecule has 0 N–H and O–H groups in total. The summed E-state index contributed by atoms with van der Waals surface area (Å²) in [6.45, 7) is 8.99. The number of aromatic nitrogens is 2. The van der Waals surface area contributed by atoms with Crippen LogP contribution < -0.4 is 9.80 Å². The van der Waals surface area contributed by atoms with Crippen molar-refractivity contribution in [3.63, 3.8) is 0 Å². The Morgan fingerprint density at radius 2 is 0.686 bits per heavy atom. The molecule has 6 nitrogen and oxygen atoms in total. The average molecular weight is 1110 g/mol. The first-order valence-electron chi connectivity index (χ1n) is 29.9. The molecule has 0 atom stereocenters. The number of furan rings is 2. The van der Waals surface area contributed by atoms with Gasteiger partial charge >= 0.3 is 0 Å². The fourth-order valence-electron chi connectivity index (χ4n) is 13.7. The number of hydrogen-bond donors (Lipinski definition) is 0. The van der Waals surface area contributed by atoms with E-state index in [1.807, 2.05) is 0 Å². The number of anilines is 6. The maximum atomic E-state index is 7.06. The number of nitrogens with zero attached hydrogens (tertiary/aromatic N) is 4. The van der Waals surface area contributed by atoms with Crippen LogP contribution in [0.25, 0.3) is 120 Å². The van der Waals surface area contributed by atoms with Gasteiger partial charge < -0.3 is 27.8 Å². The van der Waals surface area contributed by atoms with E-state index in [1.165, 1.54) is 43.7 Å². The van der Waals surface area contributed by atoms with Gasteiger partial charge in [-0.2, -0.15) is 0 Å². The summed E-state index contributed by atoms with van der Waals surface area (Å²) in [5.74, 6) is 0.836. The van der Waals surface area contributed by atoms with Crippen molar-refractivity contribution in [1.29, 1.82) is 0 Å². The molecule has 0 spiro atoms. The highest BCUT2D eigenvalue weighted by atomic mass is 16.3. The monoisotopic (exact) mass is 1110 g/mol. The smallest absolute Gasteiger partial charge is 0.147 e. The molecule has 0 saturated carbocycles. The standard InChI is InChI=1S/C80H58N4O2/c1-49(2)51-23-29-59(30-24-51)81(63-35-37-67-65-19-11-13-21-72(65)83(74(67)47-63)57-15-7-5-8-16-57)61-33-27-53-43-70-69-39-40-76-79(80(69)86-77(70)45-55(53)41-61)71-44-54-28-34-62(42-56(54)46-78(71)85-76)82(60-31-25-52(26-32-60)50(3)4)64-36-38-68-66-20-12-14-22-73(66)84(75(68)48-64)58-17-9-6-10-18-58/h5-50H,1-4H3. The molecular weight excluding hydrogens is 1050 g/mol. The molecule has 86 heavy (non-hydrogen) atoms. The van der Waals surface area contributed by atoms with Crippen LogP contribution in [0.15, 0.2) is 276 Å². The Bertz CT molecular complexity index is 5530. The maximum absolute atomic E-state index is 7.06. The van der Waals surface area contributed by atoms with E-state index in [4.69, 9.17) is 8.83 Å². The summed E-state index contributed by atoms with van der Waals surface area (Å²) >= 11 is 0. The lowest BCUT2D eigenvalue weighted by atomic mass is 10.0. The van der Waals surface area contributed by atoms with Crippen LogP contribution >= 0.6 is 0 Å². The van der Waals surface area contributed by atoms with E-state index in [2.05, 4.69) is 314 Å². The molecule has 0 amide bonds. The third-order valence-electron chi connectivity index (χ3n) is 18.0. The molecule has 4 aromatic heterocycles. The topological polar surface area (TPSA) is 42.6 Å². The number of rotatable bonds is 10. The molecule has 13 aromatic carbocycles. The van der Waals surface area contributed by atoms with Gasteiger partial charge in [-0.25, -0.2) is 0 Å². The van der Waals surface area contributed by atoms with Gasteiger partial charge in [0, 0.05) is 83.2 Å². The molecule has 17 aromatic rings. The van der Waals surface area contributed by atoms with Crippen LogP contribution in [0, 0.1) is 0 Å². The molecule has 0 bridgehead atoms. The maximum Gasteiger partial charge on any atom is 0.147 e. The Hall–Kier alpha value is -10.8. The average Bonchev–Trinajstić information content (AvgIpc) is 4.50. The Kier molecular flexibility index (Phi) is 11.2. The first-order valence-corrected chi connectivity index (χ1v) is 29.9. The molecule has 0 saturated heterocycles. The predicted molar refractivity (Wildman–Crippen MR) is 362 cm³/mol. The van der Waals surface area contributed by atoms with Gasteiger partial charge in [-0.15, -0.1) is 0 Å². The van der Waals surface area contributed by atoms with Crippen LogP contribution in [0.2, 0.25) is 0 Å². The summed E-state index contributed by atoms with van der Waals surface area (Å²) < 4.78 is 18.7. The second-order valence-electron chi connectivity index (χ2n) is 23.7. The summed E-state index contributed by atoms with van der Waals surface area (Å²) in [6.07, 6.45) is 0. The van der Waals surface area contributed by atoms with Crippen LogP contribution in [-0.2, 0) is 0 Å². The first-order chi connectivity index (χ1) is 42.3. The number of hydrogen-bond acceptors (Lipinski definition) is 4. The quantitative estimate of drug-likeness (QED) is 0.137. The molecule has 17 rings (SSSR count). The van der Waals surface area contributed by atoms with E-state index in [1.54, 1.807) is 0 Å². The molecule has 0 aliphatic rings. The zero-order valence-electron chi connectivity index (χ0n) is 48.2. The van der Waals surface area contributed by atoms with Gasteiger partial charge in [0.1, 0.15) is 22.3 Å². The van der Waals surface area contributed by atoms with Crippen molar-refractivity contribution in [2.24, 2.45) is 0 Å². The van der Waals surface area contributed by atoms with Crippen LogP contribution in [-0.4, -0.2) is 9.13 Å². The van der Waals surface area contributed by atoms with E-state index in [0.29, 0.717) is 11.8 Å². The van der Waals surface area contributed by atoms with Crippen molar-refractivity contribution in [2.75, 3.05) is 9.80 Å². The van der Waals surface area contributed by atoms with Gasteiger partial charge in [-0.3, -0.25) is 0 Å². The third-order valence-corrected chi connectivity index (χ3v) is 18.0. The van der Waals surface area contributed by atoms with Crippen LogP contribution in [0.5, 0.6) is 0 Å². The minimum Gasteiger partial charge on any atom is -0.456 e. The zero-order valence-corrected chi connectivity index (χ0v) is 48.2. The Morgan fingerprint density at radius 1 is 0.279 bits per heavy atom. The van der Waals surface area contributed by atoms with Gasteiger partial charge in [0.15, 0.2) is 0 Å². The fourth-order valence-corrected chi connectivity index (χ4v) is 13.7. The van der Waals surface area contributed by atoms with Crippen LogP contribution in [0.4, 0.5) is 34.1 Å². The molecule has 410 valence electrons. The lowest BCUT2D eigenvalue weighted by Gasteiger charge is -2.26. The summed E-state index contributed by atoms with van der Waals surface area (Å²) in [5, 5.41) is 13.5. The number of benzene rings is 13. The molecular formula is C80H58N4O2. The first kappa shape index (κ1) is 49.8. The van der Waals surface area contributed by atoms with Gasteiger partial charge in [-0.05, 0) is 190 Å². The molecule has 0 aliphatic carbocycles. The van der Waals surface area contributed by atoms with Crippen molar-refractivity contribution in [3.8, 4) is 11.4 Å². The number of para-hydroxylation sites is 4. The van der Waals surface area contributed by atoms with E-state index < -0.39 is 0 Å². The van der Waals surface area contributed by atoms with Gasteiger partial charge in [-0.1, -0.05) is 149 Å². The summed E-state index contributed by atoms with van der Waals surface area (Å²) in [5.41, 5.74) is 19.3. The molecule has 0 radical (unpaired) electrons. The molecule has 6 heteroatoms. The Morgan fingerprint density at radius 3 is 1.19 bits per heavy atom. The van der Waals surface area contributed by atoms with Gasteiger partial charge in [0.2, 0.25) is 0 Å². The van der Waals surface area contributed by atoms with E-state index >= 15 is 0 Å². The zero-order chi connectivity index (χ0) is 57.3. The minimum absolute atomic E-state index is 0.418. The van der Waals surface area contributed by atoms with E-state index in [0.717, 1.165) is 122 Å². The Balaban J connectivity index is 0.781. The highest BCUT2D eigenvalue weighted by molar-refractivity contribution is 6.24. The normalized spacial score (nSPS) is 12.2. The lowest BCUT2D eigenvalue weighted by molar-refractivity contribution is 0.663. The molecule has 0 unspecified atom stereocenters. The van der Waals surface area contributed by atoms with Crippen molar-refractivity contribution in [3.05, 3.63) is 278 Å². The highest BCUT2D eigenvalue weighted by Gasteiger charge is 2.23. The summed E-state index contributed by atoms with van der Waals surface area (Å²) in [4.78, 5) is 4.78. The van der Waals surface area contributed by atoms with Crippen LogP contribution in [0.3, 0.4) is 0 Å². The van der Waals surface area contributed by atoms with Gasteiger partial charge in [0.05, 0.1) is 27.5 Å². The fraction of sp³-hybridized carbons (Fsp3) is 0.0750. The molecule has 0 aliphatic heterocycles. The minimum atomic E-state index is 0.418. The SMILES string of the molecule is CC(C)c1ccc(N(c2ccc3cc4c(cc3c2)oc2c4ccc3oc4cc5cc(N(c6ccc(C(C)C)cc6)c6ccc7c8ccccc8n(-c8ccccc8)c7c6)ccc5cc4c32)c2ccc3c4ccccc4n(-c4ccccc4)c3c2)cc1. The molecule has 4 heterocycles. The second-order valence-corrected chi connectivity index (χ2v) is 23.7. The summed E-state index contributed by atoms with van der Waals surface area (Å²) in [6, 6.07) is 97.6. The second kappa shape index (κ2) is 19.4. The third kappa shape index (κ3) is 7.86. The van der Waals surface area contributed by atoms with Crippen molar-refractivity contribution in [2.45, 2.75) is 39.5 Å². The highest BCUT2D eigenvalue weighted by Crippen LogP contribution is 2.46. The summed E-state index contributed by atoms with van der Waals surface area (Å²) in [7, 11) is 0. The Labute approximate surface area is 497 Å². The van der Waals surface area contributed by atoms with E-state index in [9.17, 15) is 0 Å². The van der Waals surface area contributed by atoms with Crippen molar-refractivity contribution >= 4 is 143 Å². The van der Waals surface area contributed by atoms with Crippen molar-refractivity contribution in [1.82, 2.24) is 9.13 Å². The largest absolute Gasteiger partial charge is 0.456 e. The van der Waals surface area contributed by atoms with Crippen molar-refractivity contribution < 1.29 is 8.83 Å². The van der Waals surface area contributed by atoms with Gasteiger partial charge in [0.25, 0.3) is 0 Å². The number of fused-ring (bicyclic) bond motifs is 15. The predicted octanol–water partition coefficient (Wildman–Crippen LogP) is 23.2. The lowest BCUT2D eigenvalue weighted by Crippen LogP contribution is -2.10. The van der Waals surface area contributed by atoms with E-state index in [-0.39, 0.29) is 0 Å². The molecule has 0 fully saturated rings. The van der Waals surface area contributed by atoms with Crippen LogP contribution in [0.1, 0.15) is 50.7 Å².